The minimum Gasteiger partial charge on any atom is -0.457 e. The number of fused-ring (bicyclic) bond motifs is 2. The van der Waals surface area contributed by atoms with Crippen LogP contribution < -0.4 is 15.6 Å². The summed E-state index contributed by atoms with van der Waals surface area (Å²) in [5.74, 6) is 0.561. The van der Waals surface area contributed by atoms with Crippen LogP contribution in [0, 0.1) is 0 Å². The van der Waals surface area contributed by atoms with Gasteiger partial charge in [0.1, 0.15) is 11.5 Å². The highest BCUT2D eigenvalue weighted by Crippen LogP contribution is 2.43. The molecule has 2 heterocycles. The molecule has 0 saturated heterocycles. The number of hydrogen-bond donors (Lipinski definition) is 2. The fourth-order valence-corrected chi connectivity index (χ4v) is 3.42. The molecule has 0 spiro atoms. The lowest BCUT2D eigenvalue weighted by atomic mass is 9.87. The molecule has 6 heteroatoms. The van der Waals surface area contributed by atoms with E-state index in [-0.39, 0.29) is 24.6 Å². The van der Waals surface area contributed by atoms with E-state index in [1.54, 1.807) is 18.3 Å². The number of amides is 1. The van der Waals surface area contributed by atoms with Gasteiger partial charge >= 0.3 is 0 Å². The van der Waals surface area contributed by atoms with Gasteiger partial charge in [-0.15, -0.1) is 0 Å². The van der Waals surface area contributed by atoms with E-state index in [1.165, 1.54) is 10.6 Å². The van der Waals surface area contributed by atoms with E-state index in [2.05, 4.69) is 5.32 Å². The minimum absolute atomic E-state index is 0.0435. The zero-order valence-electron chi connectivity index (χ0n) is 15.1. The summed E-state index contributed by atoms with van der Waals surface area (Å²) in [5.41, 5.74) is 1.38. The molecule has 0 aliphatic carbocycles. The number of benzene rings is 2. The van der Waals surface area contributed by atoms with Gasteiger partial charge in [-0.2, -0.15) is 0 Å². The topological polar surface area (TPSA) is 80.6 Å². The van der Waals surface area contributed by atoms with Gasteiger partial charge in [-0.05, 0) is 18.2 Å². The molecule has 3 aromatic rings. The molecule has 1 amide bonds. The van der Waals surface area contributed by atoms with Gasteiger partial charge in [0.15, 0.2) is 0 Å². The monoisotopic (exact) mass is 376 g/mol. The number of hydrogen-bond acceptors (Lipinski definition) is 4. The summed E-state index contributed by atoms with van der Waals surface area (Å²) in [4.78, 5) is 24.8. The predicted molar refractivity (Wildman–Crippen MR) is 105 cm³/mol. The number of carbonyl (C=O) groups excluding carboxylic acids is 1. The molecule has 6 nitrogen and oxygen atoms in total. The van der Waals surface area contributed by atoms with Crippen LogP contribution in [0.2, 0.25) is 0 Å². The predicted octanol–water partition coefficient (Wildman–Crippen LogP) is 2.26. The number of carbonyl (C=O) groups is 1. The second-order valence-corrected chi connectivity index (χ2v) is 6.70. The van der Waals surface area contributed by atoms with Crippen LogP contribution in [0.25, 0.3) is 0 Å². The summed E-state index contributed by atoms with van der Waals surface area (Å²) in [5, 5.41) is 13.1. The molecular formula is C22H20N2O4. The van der Waals surface area contributed by atoms with Gasteiger partial charge < -0.3 is 19.7 Å². The maximum atomic E-state index is 13.0. The van der Waals surface area contributed by atoms with Crippen LogP contribution in [-0.2, 0) is 11.3 Å². The van der Waals surface area contributed by atoms with Crippen LogP contribution >= 0.6 is 0 Å². The summed E-state index contributed by atoms with van der Waals surface area (Å²) in [6.45, 7) is 0.156. The molecule has 1 atom stereocenters. The number of nitrogens with one attached hydrogen (secondary N) is 1. The van der Waals surface area contributed by atoms with Crippen LogP contribution in [-0.4, -0.2) is 28.2 Å². The number of pyridine rings is 1. The maximum Gasteiger partial charge on any atom is 0.250 e. The SMILES string of the molecule is O=C(NCC(O)Cn1ccccc1=O)C1c2ccccc2Oc2ccccc21. The van der Waals surface area contributed by atoms with Crippen molar-refractivity contribution < 1.29 is 14.6 Å². The summed E-state index contributed by atoms with van der Waals surface area (Å²) in [7, 11) is 0. The quantitative estimate of drug-likeness (QED) is 0.716. The molecule has 0 bridgehead atoms. The standard InChI is InChI=1S/C22H20N2O4/c25-15(14-24-12-6-5-11-20(24)26)13-23-22(27)21-16-7-1-3-9-18(16)28-19-10-4-2-8-17(19)21/h1-12,15,21,25H,13-14H2,(H,23,27). The first kappa shape index (κ1) is 18.0. The van der Waals surface area contributed by atoms with Crippen LogP contribution in [0.15, 0.2) is 77.7 Å². The highest BCUT2D eigenvalue weighted by Gasteiger charge is 2.32. The molecule has 4 rings (SSSR count). The number of ether oxygens (including phenoxy) is 1. The van der Waals surface area contributed by atoms with E-state index in [9.17, 15) is 14.7 Å². The largest absolute Gasteiger partial charge is 0.457 e. The van der Waals surface area contributed by atoms with Crippen LogP contribution in [0.5, 0.6) is 11.5 Å². The molecular weight excluding hydrogens is 356 g/mol. The second kappa shape index (κ2) is 7.70. The first-order valence-electron chi connectivity index (χ1n) is 9.10. The molecule has 1 aliphatic rings. The normalized spacial score (nSPS) is 13.8. The van der Waals surface area contributed by atoms with Gasteiger partial charge in [-0.25, -0.2) is 0 Å². The molecule has 28 heavy (non-hydrogen) atoms. The van der Waals surface area contributed by atoms with E-state index in [0.717, 1.165) is 11.1 Å². The molecule has 2 N–H and O–H groups in total. The van der Waals surface area contributed by atoms with E-state index >= 15 is 0 Å². The summed E-state index contributed by atoms with van der Waals surface area (Å²) in [6.07, 6.45) is 0.729. The lowest BCUT2D eigenvalue weighted by Gasteiger charge is -2.27. The summed E-state index contributed by atoms with van der Waals surface area (Å²) < 4.78 is 7.32. The van der Waals surface area contributed by atoms with E-state index < -0.39 is 12.0 Å². The molecule has 0 radical (unpaired) electrons. The van der Waals surface area contributed by atoms with Gasteiger partial charge in [0, 0.05) is 29.9 Å². The molecule has 1 unspecified atom stereocenters. The smallest absolute Gasteiger partial charge is 0.250 e. The third-order valence-corrected chi connectivity index (χ3v) is 4.76. The Hall–Kier alpha value is -3.38. The highest BCUT2D eigenvalue weighted by atomic mass is 16.5. The van der Waals surface area contributed by atoms with E-state index in [0.29, 0.717) is 11.5 Å². The first-order chi connectivity index (χ1) is 13.6. The Morgan fingerprint density at radius 1 is 1.00 bits per heavy atom. The highest BCUT2D eigenvalue weighted by molar-refractivity contribution is 5.89. The zero-order chi connectivity index (χ0) is 19.5. The van der Waals surface area contributed by atoms with Gasteiger partial charge in [0.2, 0.25) is 5.91 Å². The van der Waals surface area contributed by atoms with Crippen molar-refractivity contribution in [1.29, 1.82) is 0 Å². The number of nitrogens with zero attached hydrogens (tertiary/aromatic N) is 1. The van der Waals surface area contributed by atoms with Gasteiger partial charge in [-0.1, -0.05) is 42.5 Å². The average molecular weight is 376 g/mol. The molecule has 1 aliphatic heterocycles. The Labute approximate surface area is 162 Å². The second-order valence-electron chi connectivity index (χ2n) is 6.70. The van der Waals surface area contributed by atoms with E-state index in [1.807, 2.05) is 48.5 Å². The van der Waals surface area contributed by atoms with Crippen molar-refractivity contribution in [2.75, 3.05) is 6.54 Å². The maximum absolute atomic E-state index is 13.0. The summed E-state index contributed by atoms with van der Waals surface area (Å²) >= 11 is 0. The van der Waals surface area contributed by atoms with Crippen molar-refractivity contribution in [2.45, 2.75) is 18.6 Å². The first-order valence-corrected chi connectivity index (χ1v) is 9.10. The number of aromatic nitrogens is 1. The van der Waals surface area contributed by atoms with Crippen molar-refractivity contribution in [1.82, 2.24) is 9.88 Å². The molecule has 0 fully saturated rings. The van der Waals surface area contributed by atoms with Crippen molar-refractivity contribution >= 4 is 5.91 Å². The summed E-state index contributed by atoms with van der Waals surface area (Å²) in [6, 6.07) is 19.7. The van der Waals surface area contributed by atoms with Crippen molar-refractivity contribution in [2.24, 2.45) is 0 Å². The Bertz CT molecular complexity index is 1010. The van der Waals surface area contributed by atoms with Crippen LogP contribution in [0.3, 0.4) is 0 Å². The number of aliphatic hydroxyl groups is 1. The lowest BCUT2D eigenvalue weighted by Crippen LogP contribution is -2.39. The number of rotatable bonds is 5. The molecule has 2 aromatic carbocycles. The number of para-hydroxylation sites is 2. The van der Waals surface area contributed by atoms with Crippen LogP contribution in [0.1, 0.15) is 17.0 Å². The number of aliphatic hydroxyl groups excluding tert-OH is 1. The van der Waals surface area contributed by atoms with Crippen LogP contribution in [0.4, 0.5) is 0 Å². The molecule has 0 saturated carbocycles. The Morgan fingerprint density at radius 3 is 2.25 bits per heavy atom. The average Bonchev–Trinajstić information content (AvgIpc) is 2.72. The van der Waals surface area contributed by atoms with Gasteiger partial charge in [-0.3, -0.25) is 9.59 Å². The minimum atomic E-state index is -0.880. The van der Waals surface area contributed by atoms with Crippen molar-refractivity contribution in [3.05, 3.63) is 94.4 Å². The van der Waals surface area contributed by atoms with E-state index in [4.69, 9.17) is 4.74 Å². The zero-order valence-corrected chi connectivity index (χ0v) is 15.1. The third-order valence-electron chi connectivity index (χ3n) is 4.76. The Kier molecular flexibility index (Phi) is 4.95. The molecule has 142 valence electrons. The Morgan fingerprint density at radius 2 is 1.61 bits per heavy atom. The van der Waals surface area contributed by atoms with Crippen molar-refractivity contribution in [3.63, 3.8) is 0 Å². The van der Waals surface area contributed by atoms with Gasteiger partial charge in [0.25, 0.3) is 5.56 Å². The lowest BCUT2D eigenvalue weighted by molar-refractivity contribution is -0.122. The fraction of sp³-hybridized carbons (Fsp3) is 0.182. The molecule has 1 aromatic heterocycles. The van der Waals surface area contributed by atoms with Gasteiger partial charge in [0.05, 0.1) is 18.6 Å². The fourth-order valence-electron chi connectivity index (χ4n) is 3.42. The Balaban J connectivity index is 1.51. The van der Waals surface area contributed by atoms with Crippen molar-refractivity contribution in [3.8, 4) is 11.5 Å². The third kappa shape index (κ3) is 3.54.